The van der Waals surface area contributed by atoms with E-state index in [0.717, 1.165) is 0 Å². The number of hydrogen-bond acceptors (Lipinski definition) is 3. The number of carbonyl (C=O) groups is 2. The van der Waals surface area contributed by atoms with Gasteiger partial charge in [-0.2, -0.15) is 0 Å². The molecule has 0 radical (unpaired) electrons. The van der Waals surface area contributed by atoms with E-state index in [1.165, 1.54) is 6.92 Å². The third-order valence-electron chi connectivity index (χ3n) is 0.725. The minimum absolute atomic E-state index is 0. The van der Waals surface area contributed by atoms with Crippen molar-refractivity contribution >= 4 is 11.8 Å². The van der Waals surface area contributed by atoms with E-state index in [-0.39, 0.29) is 25.8 Å². The first-order valence-corrected chi connectivity index (χ1v) is 2.82. The largest absolute Gasteiger partial charge is 0.458 e. The van der Waals surface area contributed by atoms with Gasteiger partial charge in [0.05, 0.1) is 0 Å². The Bertz CT molecular complexity index is 118. The van der Waals surface area contributed by atoms with Gasteiger partial charge in [0, 0.05) is 6.42 Å². The first kappa shape index (κ1) is 11.9. The lowest BCUT2D eigenvalue weighted by atomic mass is 10.5. The molecule has 0 aliphatic rings. The molecule has 0 amide bonds. The lowest BCUT2D eigenvalue weighted by molar-refractivity contribution is -0.147. The molecule has 0 aliphatic carbocycles. The van der Waals surface area contributed by atoms with Gasteiger partial charge in [-0.1, -0.05) is 14.4 Å². The molecule has 0 aromatic carbocycles. The molecular formula is C7H14O3. The van der Waals surface area contributed by atoms with Crippen LogP contribution in [-0.4, -0.2) is 18.4 Å². The number of rotatable bonds is 3. The monoisotopic (exact) mass is 146 g/mol. The fourth-order valence-electron chi connectivity index (χ4n) is 0.284. The Morgan fingerprint density at radius 1 is 1.40 bits per heavy atom. The van der Waals surface area contributed by atoms with Crippen molar-refractivity contribution in [3.63, 3.8) is 0 Å². The summed E-state index contributed by atoms with van der Waals surface area (Å²) in [5.74, 6) is -0.456. The second-order valence-electron chi connectivity index (χ2n) is 1.72. The summed E-state index contributed by atoms with van der Waals surface area (Å²) in [5.41, 5.74) is 0. The second kappa shape index (κ2) is 6.26. The Morgan fingerprint density at radius 3 is 2.20 bits per heavy atom. The van der Waals surface area contributed by atoms with Crippen molar-refractivity contribution in [3.8, 4) is 0 Å². The molecule has 0 bridgehead atoms. The van der Waals surface area contributed by atoms with Crippen LogP contribution in [0.4, 0.5) is 0 Å². The van der Waals surface area contributed by atoms with Gasteiger partial charge < -0.3 is 4.74 Å². The summed E-state index contributed by atoms with van der Waals surface area (Å²) in [4.78, 5) is 20.5. The van der Waals surface area contributed by atoms with Gasteiger partial charge in [0.1, 0.15) is 6.61 Å². The van der Waals surface area contributed by atoms with Crippen molar-refractivity contribution in [3.05, 3.63) is 0 Å². The fourth-order valence-corrected chi connectivity index (χ4v) is 0.284. The highest BCUT2D eigenvalue weighted by atomic mass is 16.5. The predicted molar refractivity (Wildman–Crippen MR) is 38.7 cm³/mol. The van der Waals surface area contributed by atoms with E-state index in [4.69, 9.17) is 0 Å². The SMILES string of the molecule is C.CCC(=O)OCC(C)=O. The molecule has 0 saturated heterocycles. The minimum Gasteiger partial charge on any atom is -0.458 e. The zero-order valence-corrected chi connectivity index (χ0v) is 5.64. The van der Waals surface area contributed by atoms with Crippen LogP contribution in [0.25, 0.3) is 0 Å². The molecule has 0 fully saturated rings. The average Bonchev–Trinajstić information content (AvgIpc) is 1.83. The van der Waals surface area contributed by atoms with Crippen LogP contribution in [-0.2, 0) is 14.3 Å². The third-order valence-corrected chi connectivity index (χ3v) is 0.725. The summed E-state index contributed by atoms with van der Waals surface area (Å²) in [6.45, 7) is 2.97. The van der Waals surface area contributed by atoms with Gasteiger partial charge in [-0.05, 0) is 6.92 Å². The van der Waals surface area contributed by atoms with Crippen LogP contribution >= 0.6 is 0 Å². The number of ketones is 1. The molecule has 0 rings (SSSR count). The Kier molecular flexibility index (Phi) is 7.44. The van der Waals surface area contributed by atoms with E-state index in [1.54, 1.807) is 6.92 Å². The van der Waals surface area contributed by atoms with Gasteiger partial charge in [0.2, 0.25) is 0 Å². The molecule has 0 aliphatic heterocycles. The molecule has 0 N–H and O–H groups in total. The fraction of sp³-hybridized carbons (Fsp3) is 0.714. The Labute approximate surface area is 61.4 Å². The van der Waals surface area contributed by atoms with Gasteiger partial charge in [-0.15, -0.1) is 0 Å². The molecular weight excluding hydrogens is 132 g/mol. The lowest BCUT2D eigenvalue weighted by Crippen LogP contribution is -2.09. The summed E-state index contributed by atoms with van der Waals surface area (Å²) in [6, 6.07) is 0. The summed E-state index contributed by atoms with van der Waals surface area (Å²) in [5, 5.41) is 0. The molecule has 0 heterocycles. The molecule has 3 nitrogen and oxygen atoms in total. The number of hydrogen-bond donors (Lipinski definition) is 0. The number of Topliss-reactive ketones (excluding diaryl/α,β-unsaturated/α-hetero) is 1. The maximum Gasteiger partial charge on any atom is 0.305 e. The highest BCUT2D eigenvalue weighted by Crippen LogP contribution is 1.83. The number of carbonyl (C=O) groups excluding carboxylic acids is 2. The quantitative estimate of drug-likeness (QED) is 0.561. The maximum atomic E-state index is 10.3. The van der Waals surface area contributed by atoms with Gasteiger partial charge in [0.25, 0.3) is 0 Å². The van der Waals surface area contributed by atoms with E-state index >= 15 is 0 Å². The highest BCUT2D eigenvalue weighted by Gasteiger charge is 1.98. The maximum absolute atomic E-state index is 10.3. The summed E-state index contributed by atoms with van der Waals surface area (Å²) in [7, 11) is 0. The van der Waals surface area contributed by atoms with Crippen LogP contribution < -0.4 is 0 Å². The lowest BCUT2D eigenvalue weighted by Gasteiger charge is -1.96. The molecule has 10 heavy (non-hydrogen) atoms. The molecule has 0 aromatic heterocycles. The van der Waals surface area contributed by atoms with Crippen LogP contribution in [0.2, 0.25) is 0 Å². The first-order chi connectivity index (χ1) is 4.16. The van der Waals surface area contributed by atoms with Gasteiger partial charge >= 0.3 is 5.97 Å². The standard InChI is InChI=1S/C6H10O3.CH4/c1-3-6(8)9-4-5(2)7;/h3-4H2,1-2H3;1H4. The van der Waals surface area contributed by atoms with Crippen molar-refractivity contribution in [1.82, 2.24) is 0 Å². The zero-order valence-electron chi connectivity index (χ0n) is 5.64. The molecule has 0 spiro atoms. The van der Waals surface area contributed by atoms with Crippen LogP contribution in [0, 0.1) is 0 Å². The van der Waals surface area contributed by atoms with Crippen molar-refractivity contribution in [1.29, 1.82) is 0 Å². The normalized spacial score (nSPS) is 7.80. The van der Waals surface area contributed by atoms with E-state index in [9.17, 15) is 9.59 Å². The second-order valence-corrected chi connectivity index (χ2v) is 1.72. The molecule has 0 unspecified atom stereocenters. The smallest absolute Gasteiger partial charge is 0.305 e. The van der Waals surface area contributed by atoms with Crippen molar-refractivity contribution in [2.45, 2.75) is 27.7 Å². The molecule has 0 atom stereocenters. The molecule has 60 valence electrons. The van der Waals surface area contributed by atoms with Crippen LogP contribution in [0.5, 0.6) is 0 Å². The molecule has 3 heteroatoms. The van der Waals surface area contributed by atoms with Crippen molar-refractivity contribution in [2.75, 3.05) is 6.61 Å². The predicted octanol–water partition coefficient (Wildman–Crippen LogP) is 1.16. The van der Waals surface area contributed by atoms with E-state index in [0.29, 0.717) is 6.42 Å². The van der Waals surface area contributed by atoms with E-state index < -0.39 is 0 Å². The van der Waals surface area contributed by atoms with Gasteiger partial charge in [0.15, 0.2) is 5.78 Å². The Morgan fingerprint density at radius 2 is 1.90 bits per heavy atom. The highest BCUT2D eigenvalue weighted by molar-refractivity contribution is 5.80. The zero-order chi connectivity index (χ0) is 7.28. The third kappa shape index (κ3) is 7.14. The van der Waals surface area contributed by atoms with Crippen LogP contribution in [0.15, 0.2) is 0 Å². The van der Waals surface area contributed by atoms with Gasteiger partial charge in [-0.25, -0.2) is 0 Å². The Hall–Kier alpha value is -0.860. The minimum atomic E-state index is -0.329. The van der Waals surface area contributed by atoms with Gasteiger partial charge in [-0.3, -0.25) is 9.59 Å². The first-order valence-electron chi connectivity index (χ1n) is 2.82. The van der Waals surface area contributed by atoms with E-state index in [1.807, 2.05) is 0 Å². The molecule has 0 aromatic rings. The molecule has 0 saturated carbocycles. The Balaban J connectivity index is 0. The number of ether oxygens (including phenoxy) is 1. The summed E-state index contributed by atoms with van der Waals surface area (Å²) < 4.78 is 4.46. The van der Waals surface area contributed by atoms with Crippen molar-refractivity contribution < 1.29 is 14.3 Å². The van der Waals surface area contributed by atoms with Crippen LogP contribution in [0.3, 0.4) is 0 Å². The van der Waals surface area contributed by atoms with E-state index in [2.05, 4.69) is 4.74 Å². The topological polar surface area (TPSA) is 43.4 Å². The summed E-state index contributed by atoms with van der Waals surface area (Å²) in [6.07, 6.45) is 0.327. The average molecular weight is 146 g/mol. The number of esters is 1. The van der Waals surface area contributed by atoms with Crippen molar-refractivity contribution in [2.24, 2.45) is 0 Å². The summed E-state index contributed by atoms with van der Waals surface area (Å²) >= 11 is 0. The van der Waals surface area contributed by atoms with Crippen LogP contribution in [0.1, 0.15) is 27.7 Å².